The van der Waals surface area contributed by atoms with Crippen molar-refractivity contribution in [3.63, 3.8) is 0 Å². The van der Waals surface area contributed by atoms with Crippen LogP contribution >= 0.6 is 11.6 Å². The van der Waals surface area contributed by atoms with E-state index in [2.05, 4.69) is 33.3 Å². The van der Waals surface area contributed by atoms with Gasteiger partial charge in [-0.1, -0.05) is 24.2 Å². The summed E-state index contributed by atoms with van der Waals surface area (Å²) in [6, 6.07) is 6.29. The Morgan fingerprint density at radius 2 is 2.09 bits per heavy atom. The van der Waals surface area contributed by atoms with Crippen LogP contribution in [-0.2, 0) is 0 Å². The molecule has 0 spiro atoms. The average Bonchev–Trinajstić information content (AvgIpc) is 3.34. The molecule has 2 N–H and O–H groups in total. The average molecular weight is 327 g/mol. The van der Waals surface area contributed by atoms with Crippen molar-refractivity contribution in [3.8, 4) is 0 Å². The third-order valence-corrected chi connectivity index (χ3v) is 4.82. The highest BCUT2D eigenvalue weighted by Crippen LogP contribution is 2.38. The van der Waals surface area contributed by atoms with Crippen LogP contribution in [0.15, 0.2) is 64.7 Å². The fourth-order valence-corrected chi connectivity index (χ4v) is 3.18. The maximum absolute atomic E-state index is 6.30. The lowest BCUT2D eigenvalue weighted by Crippen LogP contribution is -2.42. The number of halogens is 1. The Kier molecular flexibility index (Phi) is 3.69. The zero-order chi connectivity index (χ0) is 15.8. The van der Waals surface area contributed by atoms with Gasteiger partial charge in [-0.3, -0.25) is 9.98 Å². The van der Waals surface area contributed by atoms with E-state index >= 15 is 0 Å². The SMILES string of the molecule is C=C1NC2C=C(C3CC3)NC2CC(c2ccccn2)=N/C=C\1Cl. The van der Waals surface area contributed by atoms with Gasteiger partial charge in [0.2, 0.25) is 0 Å². The Morgan fingerprint density at radius 3 is 2.83 bits per heavy atom. The molecule has 1 saturated carbocycles. The second-order valence-corrected chi connectivity index (χ2v) is 6.67. The molecule has 0 saturated heterocycles. The summed E-state index contributed by atoms with van der Waals surface area (Å²) in [6.07, 6.45) is 9.09. The quantitative estimate of drug-likeness (QED) is 0.878. The van der Waals surface area contributed by atoms with E-state index in [0.717, 1.165) is 17.8 Å². The van der Waals surface area contributed by atoms with Gasteiger partial charge in [-0.2, -0.15) is 0 Å². The molecule has 0 radical (unpaired) electrons. The van der Waals surface area contributed by atoms with Gasteiger partial charge in [0.15, 0.2) is 0 Å². The number of nitrogens with one attached hydrogen (secondary N) is 2. The predicted octanol–water partition coefficient (Wildman–Crippen LogP) is 3.09. The number of hydrogen-bond donors (Lipinski definition) is 2. The Morgan fingerprint density at radius 1 is 1.22 bits per heavy atom. The van der Waals surface area contributed by atoms with Crippen LogP contribution in [0.4, 0.5) is 0 Å². The molecule has 2 unspecified atom stereocenters. The molecule has 2 aliphatic heterocycles. The van der Waals surface area contributed by atoms with Crippen molar-refractivity contribution in [2.75, 3.05) is 0 Å². The fourth-order valence-electron chi connectivity index (χ4n) is 3.08. The summed E-state index contributed by atoms with van der Waals surface area (Å²) in [5.74, 6) is 0.696. The van der Waals surface area contributed by atoms with E-state index in [-0.39, 0.29) is 12.1 Å². The minimum Gasteiger partial charge on any atom is -0.383 e. The van der Waals surface area contributed by atoms with Crippen LogP contribution in [0.1, 0.15) is 25.0 Å². The minimum atomic E-state index is 0.173. The molecular weight excluding hydrogens is 308 g/mol. The second kappa shape index (κ2) is 5.85. The number of rotatable bonds is 2. The van der Waals surface area contributed by atoms with Crippen LogP contribution in [0.5, 0.6) is 0 Å². The minimum absolute atomic E-state index is 0.173. The molecule has 118 valence electrons. The van der Waals surface area contributed by atoms with E-state index in [0.29, 0.717) is 16.6 Å². The fraction of sp³-hybridized carbons (Fsp3) is 0.333. The highest BCUT2D eigenvalue weighted by molar-refractivity contribution is 6.31. The molecule has 23 heavy (non-hydrogen) atoms. The van der Waals surface area contributed by atoms with Crippen molar-refractivity contribution in [1.82, 2.24) is 15.6 Å². The number of allylic oxidation sites excluding steroid dienone is 2. The molecule has 1 fully saturated rings. The molecule has 5 heteroatoms. The molecule has 0 aromatic carbocycles. The summed E-state index contributed by atoms with van der Waals surface area (Å²) in [6.45, 7) is 4.03. The van der Waals surface area contributed by atoms with Gasteiger partial charge in [0.05, 0.1) is 28.5 Å². The molecule has 4 nitrogen and oxygen atoms in total. The largest absolute Gasteiger partial charge is 0.383 e. The number of pyridine rings is 1. The van der Waals surface area contributed by atoms with Gasteiger partial charge < -0.3 is 10.6 Å². The van der Waals surface area contributed by atoms with Gasteiger partial charge in [0.1, 0.15) is 0 Å². The molecular formula is C18H19ClN4. The summed E-state index contributed by atoms with van der Waals surface area (Å²) in [7, 11) is 0. The van der Waals surface area contributed by atoms with E-state index in [1.165, 1.54) is 18.5 Å². The van der Waals surface area contributed by atoms with Crippen LogP contribution in [-0.4, -0.2) is 22.8 Å². The zero-order valence-corrected chi connectivity index (χ0v) is 13.6. The van der Waals surface area contributed by atoms with Crippen molar-refractivity contribution < 1.29 is 0 Å². The van der Waals surface area contributed by atoms with E-state index in [1.54, 1.807) is 12.4 Å². The van der Waals surface area contributed by atoms with Crippen molar-refractivity contribution in [2.24, 2.45) is 10.9 Å². The normalized spacial score (nSPS) is 29.6. The zero-order valence-electron chi connectivity index (χ0n) is 12.8. The van der Waals surface area contributed by atoms with Gasteiger partial charge >= 0.3 is 0 Å². The highest BCUT2D eigenvalue weighted by Gasteiger charge is 2.36. The van der Waals surface area contributed by atoms with E-state index in [1.807, 2.05) is 18.2 Å². The van der Waals surface area contributed by atoms with Crippen LogP contribution in [0.3, 0.4) is 0 Å². The number of aliphatic imine (C=N–C) groups is 1. The van der Waals surface area contributed by atoms with Crippen LogP contribution in [0.25, 0.3) is 0 Å². The first-order valence-corrected chi connectivity index (χ1v) is 8.36. The van der Waals surface area contributed by atoms with Gasteiger partial charge in [0.25, 0.3) is 0 Å². The smallest absolute Gasteiger partial charge is 0.0845 e. The van der Waals surface area contributed by atoms with E-state index in [4.69, 9.17) is 11.6 Å². The van der Waals surface area contributed by atoms with Crippen LogP contribution < -0.4 is 10.6 Å². The Balaban J connectivity index is 1.67. The monoisotopic (exact) mass is 326 g/mol. The predicted molar refractivity (Wildman–Crippen MR) is 93.1 cm³/mol. The highest BCUT2D eigenvalue weighted by atomic mass is 35.5. The first-order chi connectivity index (χ1) is 11.2. The number of nitrogens with zero attached hydrogens (tertiary/aromatic N) is 2. The van der Waals surface area contributed by atoms with Crippen LogP contribution in [0, 0.1) is 5.92 Å². The van der Waals surface area contributed by atoms with E-state index in [9.17, 15) is 0 Å². The van der Waals surface area contributed by atoms with Gasteiger partial charge in [0, 0.05) is 30.2 Å². The summed E-state index contributed by atoms with van der Waals surface area (Å²) < 4.78 is 0. The maximum atomic E-state index is 6.30. The van der Waals surface area contributed by atoms with Crippen molar-refractivity contribution >= 4 is 17.3 Å². The molecule has 2 atom stereocenters. The summed E-state index contributed by atoms with van der Waals surface area (Å²) in [5, 5.41) is 7.63. The lowest BCUT2D eigenvalue weighted by molar-refractivity contribution is 0.517. The van der Waals surface area contributed by atoms with Crippen molar-refractivity contribution in [1.29, 1.82) is 0 Å². The van der Waals surface area contributed by atoms with Crippen molar-refractivity contribution in [2.45, 2.75) is 31.3 Å². The molecule has 4 rings (SSSR count). The lowest BCUT2D eigenvalue weighted by Gasteiger charge is -2.22. The molecule has 3 heterocycles. The number of hydrogen-bond acceptors (Lipinski definition) is 4. The maximum Gasteiger partial charge on any atom is 0.0845 e. The van der Waals surface area contributed by atoms with Gasteiger partial charge in [-0.15, -0.1) is 0 Å². The van der Waals surface area contributed by atoms with Gasteiger partial charge in [-0.25, -0.2) is 0 Å². The van der Waals surface area contributed by atoms with Crippen LogP contribution in [0.2, 0.25) is 0 Å². The molecule has 3 aliphatic rings. The molecule has 0 amide bonds. The Hall–Kier alpha value is -2.07. The summed E-state index contributed by atoms with van der Waals surface area (Å²) in [4.78, 5) is 9.03. The second-order valence-electron chi connectivity index (χ2n) is 6.27. The molecule has 1 aromatic rings. The molecule has 0 bridgehead atoms. The van der Waals surface area contributed by atoms with Crippen molar-refractivity contribution in [3.05, 3.63) is 65.4 Å². The topological polar surface area (TPSA) is 49.3 Å². The standard InChI is InChI=1S/C18H19ClN4/c1-11-13(19)10-21-16(14-4-2-3-7-20-14)9-18-17(22-11)8-15(23-18)12-5-6-12/h2-4,7-8,10,12,17-18,22-23H,1,5-6,9H2/b13-10+,21-16?. The first kappa shape index (κ1) is 14.5. The first-order valence-electron chi connectivity index (χ1n) is 7.98. The summed E-state index contributed by atoms with van der Waals surface area (Å²) >= 11 is 6.30. The summed E-state index contributed by atoms with van der Waals surface area (Å²) in [5.41, 5.74) is 3.89. The third-order valence-electron chi connectivity index (χ3n) is 4.50. The molecule has 1 aromatic heterocycles. The van der Waals surface area contributed by atoms with Gasteiger partial charge in [-0.05, 0) is 37.0 Å². The Bertz CT molecular complexity index is 716. The third kappa shape index (κ3) is 3.04. The molecule has 1 aliphatic carbocycles. The number of fused-ring (bicyclic) bond motifs is 1. The lowest BCUT2D eigenvalue weighted by atomic mass is 10.0. The van der Waals surface area contributed by atoms with E-state index < -0.39 is 0 Å². The Labute approximate surface area is 141 Å². The number of aromatic nitrogens is 1.